The number of hydrogen-bond donors (Lipinski definition) is 2. The van der Waals surface area contributed by atoms with E-state index in [2.05, 4.69) is 45.2 Å². The van der Waals surface area contributed by atoms with Gasteiger partial charge in [-0.1, -0.05) is 41.6 Å². The highest BCUT2D eigenvalue weighted by atomic mass is 19.5. The van der Waals surface area contributed by atoms with Crippen LogP contribution in [-0.2, 0) is 83.6 Å². The zero-order valence-electron chi connectivity index (χ0n) is 54.5. The van der Waals surface area contributed by atoms with Crippen LogP contribution >= 0.6 is 0 Å². The molecule has 0 unspecified atom stereocenters. The van der Waals surface area contributed by atoms with Gasteiger partial charge >= 0.3 is 74.1 Å². The van der Waals surface area contributed by atoms with Gasteiger partial charge in [0.15, 0.2) is 23.3 Å². The molecule has 0 aliphatic carbocycles. The lowest BCUT2D eigenvalue weighted by atomic mass is 9.81. The normalized spacial score (nSPS) is 14.0. The van der Waals surface area contributed by atoms with E-state index in [9.17, 15) is 26.3 Å². The molecule has 47 heteroatoms. The molecule has 2 aliphatic heterocycles. The second kappa shape index (κ2) is 28.0. The van der Waals surface area contributed by atoms with E-state index in [0.717, 1.165) is 29.1 Å². The van der Waals surface area contributed by atoms with E-state index in [1.54, 1.807) is 35.3 Å². The standard InChI is InChI=1S/C65H37F36N11/c66-54(67,68)9-27-29(11-56(72,73)74)35(17-62(90,91)92)42-40(33(27)15-60(84,85)86)48-103-46-25-7-6-24(39-22-112(111-110-39)21-23-4-2-1-3-5-23)8-26(25)47(102-46)104-49-41-34(16-61(87,88)89)28(10-55(69,70)71)30(12-57(75,76)77)36(18-63(93,94)95)43(41)51(106-49)108-53-45-38(20-65(99,100)101)32(14-59(81,82)83)31(13-58(78,79)80)37(19-64(96,97)98)44(45)52(109-53)107-50(42)105-48/h1-8,22H,9-21H2,(H2,102,103,104,105,106,107,108,109). The minimum Gasteiger partial charge on any atom is -0.324 e. The summed E-state index contributed by atoms with van der Waals surface area (Å²) in [4.78, 5) is 26.5. The van der Waals surface area contributed by atoms with Gasteiger partial charge in [-0.3, -0.25) is 0 Å². The molecule has 0 saturated carbocycles. The number of rotatable bonds is 15. The van der Waals surface area contributed by atoms with E-state index in [0.29, 0.717) is 5.56 Å². The molecule has 11 nitrogen and oxygen atoms in total. The molecular weight excluding hydrogens is 1620 g/mol. The van der Waals surface area contributed by atoms with Gasteiger partial charge in [-0.25, -0.2) is 34.6 Å². The van der Waals surface area contributed by atoms with Crippen molar-refractivity contribution in [1.29, 1.82) is 0 Å². The summed E-state index contributed by atoms with van der Waals surface area (Å²) < 4.78 is 548. The Bertz CT molecular complexity index is 5320. The summed E-state index contributed by atoms with van der Waals surface area (Å²) in [7, 11) is 0. The number of hydrogen-bond acceptors (Lipinski definition) is 8. The number of benzene rings is 5. The van der Waals surface area contributed by atoms with Gasteiger partial charge in [0.05, 0.1) is 89.8 Å². The number of nitrogens with one attached hydrogen (secondary N) is 2. The monoisotopic (exact) mass is 1660 g/mol. The summed E-state index contributed by atoms with van der Waals surface area (Å²) in [6.07, 6.45) is -111. The van der Waals surface area contributed by atoms with Crippen LogP contribution in [0.1, 0.15) is 72.3 Å². The molecule has 604 valence electrons. The first kappa shape index (κ1) is 83.0. The van der Waals surface area contributed by atoms with Crippen molar-refractivity contribution in [3.8, 4) is 56.8 Å². The maximum absolute atomic E-state index is 15.4. The van der Waals surface area contributed by atoms with E-state index < -0.39 is 308 Å². The summed E-state index contributed by atoms with van der Waals surface area (Å²) >= 11 is 0. The number of aromatic nitrogens is 11. The summed E-state index contributed by atoms with van der Waals surface area (Å²) in [5.74, 6) is -8.10. The fraction of sp³-hybridized carbons (Fsp3) is 0.385. The van der Waals surface area contributed by atoms with E-state index in [4.69, 9.17) is 0 Å². The number of fused-ring (bicyclic) bond motifs is 20. The van der Waals surface area contributed by atoms with Crippen molar-refractivity contribution in [2.24, 2.45) is 0 Å². The molecule has 5 aromatic carbocycles. The lowest BCUT2D eigenvalue weighted by Gasteiger charge is -2.26. The maximum Gasteiger partial charge on any atom is 0.393 e. The van der Waals surface area contributed by atoms with Gasteiger partial charge in [0.2, 0.25) is 0 Å². The van der Waals surface area contributed by atoms with Gasteiger partial charge in [0.25, 0.3) is 0 Å². The van der Waals surface area contributed by atoms with Gasteiger partial charge < -0.3 is 9.97 Å². The Labute approximate surface area is 597 Å². The molecule has 0 spiro atoms. The lowest BCUT2D eigenvalue weighted by molar-refractivity contribution is -0.136. The molecule has 0 saturated heterocycles. The predicted octanol–water partition coefficient (Wildman–Crippen LogP) is 21.4. The molecular formula is C65H37F36N11. The van der Waals surface area contributed by atoms with Crippen molar-refractivity contribution in [2.45, 2.75) is 158 Å². The second-order valence-corrected chi connectivity index (χ2v) is 25.7. The smallest absolute Gasteiger partial charge is 0.324 e. The number of halogens is 36. The molecule has 0 amide bonds. The molecule has 112 heavy (non-hydrogen) atoms. The Morgan fingerprint density at radius 2 is 0.527 bits per heavy atom. The Kier molecular flexibility index (Phi) is 20.8. The molecule has 11 rings (SSSR count). The molecule has 0 radical (unpaired) electrons. The number of nitrogens with zero attached hydrogens (tertiary/aromatic N) is 9. The average molecular weight is 1660 g/mol. The summed E-state index contributed by atoms with van der Waals surface area (Å²) in [6.45, 7) is -0.117. The largest absolute Gasteiger partial charge is 0.393 e. The third-order valence-electron chi connectivity index (χ3n) is 17.1. The third kappa shape index (κ3) is 19.6. The number of aromatic amines is 2. The molecule has 6 heterocycles. The van der Waals surface area contributed by atoms with Crippen LogP contribution in [-0.4, -0.2) is 129 Å². The van der Waals surface area contributed by atoms with Crippen LogP contribution in [0.25, 0.3) is 101 Å². The van der Waals surface area contributed by atoms with E-state index in [1.165, 1.54) is 0 Å². The van der Waals surface area contributed by atoms with E-state index in [-0.39, 0.29) is 17.8 Å². The van der Waals surface area contributed by atoms with Crippen molar-refractivity contribution < 1.29 is 158 Å². The zero-order chi connectivity index (χ0) is 83.1. The van der Waals surface area contributed by atoms with Gasteiger partial charge in [0.1, 0.15) is 28.3 Å². The van der Waals surface area contributed by atoms with Crippen molar-refractivity contribution in [1.82, 2.24) is 54.9 Å². The van der Waals surface area contributed by atoms with Gasteiger partial charge in [-0.2, -0.15) is 158 Å². The van der Waals surface area contributed by atoms with Crippen molar-refractivity contribution >= 4 is 44.1 Å². The quantitative estimate of drug-likeness (QED) is 0.0968. The molecule has 2 aliphatic rings. The summed E-state index contributed by atoms with van der Waals surface area (Å²) in [6, 6.07) is 10.4. The highest BCUT2D eigenvalue weighted by Gasteiger charge is 2.50. The fourth-order valence-electron chi connectivity index (χ4n) is 13.7. The van der Waals surface area contributed by atoms with Crippen molar-refractivity contribution in [3.63, 3.8) is 0 Å². The minimum absolute atomic E-state index is 0.117. The summed E-state index contributed by atoms with van der Waals surface area (Å²) in [5.41, 5.74) is -43.8. The van der Waals surface area contributed by atoms with Crippen LogP contribution < -0.4 is 0 Å². The van der Waals surface area contributed by atoms with Gasteiger partial charge in [0, 0.05) is 49.4 Å². The fourth-order valence-corrected chi connectivity index (χ4v) is 13.7. The minimum atomic E-state index is -6.30. The van der Waals surface area contributed by atoms with Gasteiger partial charge in [-0.15, -0.1) is 5.10 Å². The predicted molar refractivity (Wildman–Crippen MR) is 318 cm³/mol. The van der Waals surface area contributed by atoms with Gasteiger partial charge in [-0.05, 0) is 84.5 Å². The first-order valence-electron chi connectivity index (χ1n) is 31.2. The molecule has 0 fully saturated rings. The maximum atomic E-state index is 15.4. The molecule has 4 aromatic heterocycles. The second-order valence-electron chi connectivity index (χ2n) is 25.7. The molecule has 8 bridgehead atoms. The molecule has 9 aromatic rings. The first-order chi connectivity index (χ1) is 50.9. The van der Waals surface area contributed by atoms with E-state index in [1.807, 2.05) is 0 Å². The molecule has 0 atom stereocenters. The average Bonchev–Trinajstić information content (AvgIpc) is 1.53. The van der Waals surface area contributed by atoms with E-state index >= 15 is 132 Å². The van der Waals surface area contributed by atoms with Crippen LogP contribution in [0.5, 0.6) is 0 Å². The SMILES string of the molecule is FC(F)(F)Cc1c(CC(F)(F)F)c(CC(F)(F)F)c2c(c1CC(F)(F)F)-c1nc-2nc2[nH]c(nc3nc(nc4[nH]c(n1)c1ccc(-c5cn(Cc6ccccc6)nn5)cc41)-c1c(CC(F)(F)F)c(CC(F)(F)F)c(CC(F)(F)F)c(CC(F)(F)F)c1-3)c1c(CC(F)(F)F)c(CC(F)(F)F)c(CC(F)(F)F)c(CC(F)(F)F)c21. The number of alkyl halides is 36. The number of H-pyrrole nitrogens is 2. The Balaban J connectivity index is 1.52. The van der Waals surface area contributed by atoms with Crippen LogP contribution in [0.3, 0.4) is 0 Å². The Morgan fingerprint density at radius 1 is 0.268 bits per heavy atom. The van der Waals surface area contributed by atoms with Crippen LogP contribution in [0, 0.1) is 0 Å². The first-order valence-corrected chi connectivity index (χ1v) is 31.2. The summed E-state index contributed by atoms with van der Waals surface area (Å²) in [5, 5.41) is 1.81. The van der Waals surface area contributed by atoms with Crippen LogP contribution in [0.2, 0.25) is 0 Å². The third-order valence-corrected chi connectivity index (χ3v) is 17.1. The Morgan fingerprint density at radius 3 is 0.830 bits per heavy atom. The van der Waals surface area contributed by atoms with Crippen LogP contribution in [0.15, 0.2) is 54.7 Å². The topological polar surface area (TPSA) is 140 Å². The Hall–Kier alpha value is -9.92. The zero-order valence-corrected chi connectivity index (χ0v) is 54.5. The van der Waals surface area contributed by atoms with Crippen molar-refractivity contribution in [2.75, 3.05) is 0 Å². The highest BCUT2D eigenvalue weighted by molar-refractivity contribution is 6.11. The van der Waals surface area contributed by atoms with Crippen LogP contribution in [0.4, 0.5) is 158 Å². The van der Waals surface area contributed by atoms with Crippen molar-refractivity contribution in [3.05, 3.63) is 127 Å². The lowest BCUT2D eigenvalue weighted by Crippen LogP contribution is -2.25. The molecule has 2 N–H and O–H groups in total. The highest BCUT2D eigenvalue weighted by Crippen LogP contribution is 2.54.